The van der Waals surface area contributed by atoms with Crippen LogP contribution in [-0.2, 0) is 4.74 Å². The monoisotopic (exact) mass is 264 g/mol. The van der Waals surface area contributed by atoms with Gasteiger partial charge in [0.1, 0.15) is 5.52 Å². The number of rotatable bonds is 7. The molecule has 1 heterocycles. The molecule has 6 nitrogen and oxygen atoms in total. The summed E-state index contributed by atoms with van der Waals surface area (Å²) >= 11 is 0. The molecule has 0 aliphatic rings. The molecule has 0 saturated heterocycles. The minimum absolute atomic E-state index is 0.187. The van der Waals surface area contributed by atoms with E-state index in [0.717, 1.165) is 6.42 Å². The number of hydrogen-bond donors (Lipinski definition) is 2. The third kappa shape index (κ3) is 3.45. The standard InChI is InChI=1S/C13H16N2O4/c1-2-18-7-3-6-14-13-15-10-5-4-9(12(16)17)8-11(10)19-13/h4-5,8H,2-3,6-7H2,1H3,(H,14,15)(H,16,17). The van der Waals surface area contributed by atoms with E-state index in [0.29, 0.717) is 36.9 Å². The quantitative estimate of drug-likeness (QED) is 0.747. The fourth-order valence-electron chi connectivity index (χ4n) is 1.65. The maximum absolute atomic E-state index is 10.8. The van der Waals surface area contributed by atoms with Crippen molar-refractivity contribution in [3.8, 4) is 0 Å². The molecular weight excluding hydrogens is 248 g/mol. The van der Waals surface area contributed by atoms with Crippen LogP contribution in [0.25, 0.3) is 11.1 Å². The molecule has 0 aliphatic heterocycles. The smallest absolute Gasteiger partial charge is 0.335 e. The molecule has 0 unspecified atom stereocenters. The number of fused-ring (bicyclic) bond motifs is 1. The Morgan fingerprint density at radius 3 is 3.11 bits per heavy atom. The fraction of sp³-hybridized carbons (Fsp3) is 0.385. The van der Waals surface area contributed by atoms with Crippen LogP contribution in [-0.4, -0.2) is 35.8 Å². The number of nitrogens with one attached hydrogen (secondary N) is 1. The van der Waals surface area contributed by atoms with Gasteiger partial charge in [-0.1, -0.05) is 0 Å². The zero-order chi connectivity index (χ0) is 13.7. The van der Waals surface area contributed by atoms with Crippen molar-refractivity contribution in [2.24, 2.45) is 0 Å². The largest absolute Gasteiger partial charge is 0.478 e. The van der Waals surface area contributed by atoms with Crippen LogP contribution in [0.2, 0.25) is 0 Å². The van der Waals surface area contributed by atoms with Crippen molar-refractivity contribution in [3.05, 3.63) is 23.8 Å². The molecule has 0 fully saturated rings. The zero-order valence-electron chi connectivity index (χ0n) is 10.7. The van der Waals surface area contributed by atoms with Crippen LogP contribution in [0.15, 0.2) is 22.6 Å². The van der Waals surface area contributed by atoms with Crippen LogP contribution in [0.5, 0.6) is 0 Å². The second-order valence-corrected chi connectivity index (χ2v) is 3.98. The summed E-state index contributed by atoms with van der Waals surface area (Å²) in [7, 11) is 0. The van der Waals surface area contributed by atoms with Crippen LogP contribution >= 0.6 is 0 Å². The first-order valence-corrected chi connectivity index (χ1v) is 6.16. The van der Waals surface area contributed by atoms with E-state index >= 15 is 0 Å². The van der Waals surface area contributed by atoms with Gasteiger partial charge in [-0.2, -0.15) is 4.98 Å². The third-order valence-corrected chi connectivity index (χ3v) is 2.58. The van der Waals surface area contributed by atoms with Gasteiger partial charge in [0.05, 0.1) is 5.56 Å². The first-order chi connectivity index (χ1) is 9.20. The highest BCUT2D eigenvalue weighted by Gasteiger charge is 2.09. The van der Waals surface area contributed by atoms with Gasteiger partial charge in [0, 0.05) is 19.8 Å². The number of hydrogen-bond acceptors (Lipinski definition) is 5. The van der Waals surface area contributed by atoms with E-state index in [1.165, 1.54) is 12.1 Å². The predicted octanol–water partition coefficient (Wildman–Crippen LogP) is 2.36. The van der Waals surface area contributed by atoms with E-state index in [4.69, 9.17) is 14.3 Å². The molecule has 19 heavy (non-hydrogen) atoms. The summed E-state index contributed by atoms with van der Waals surface area (Å²) in [6, 6.07) is 5.00. The number of ether oxygens (including phenoxy) is 1. The van der Waals surface area contributed by atoms with Crippen molar-refractivity contribution in [1.82, 2.24) is 4.98 Å². The molecule has 0 aliphatic carbocycles. The Hall–Kier alpha value is -2.08. The minimum Gasteiger partial charge on any atom is -0.478 e. The lowest BCUT2D eigenvalue weighted by atomic mass is 10.2. The summed E-state index contributed by atoms with van der Waals surface area (Å²) < 4.78 is 10.7. The van der Waals surface area contributed by atoms with Crippen molar-refractivity contribution in [1.29, 1.82) is 0 Å². The van der Waals surface area contributed by atoms with Gasteiger partial charge in [0.2, 0.25) is 0 Å². The summed E-state index contributed by atoms with van der Waals surface area (Å²) in [6.45, 7) is 4.04. The van der Waals surface area contributed by atoms with Gasteiger partial charge in [0.25, 0.3) is 6.01 Å². The first kappa shape index (κ1) is 13.4. The molecule has 2 aromatic rings. The lowest BCUT2D eigenvalue weighted by molar-refractivity contribution is 0.0697. The number of aromatic carboxylic acids is 1. The van der Waals surface area contributed by atoms with E-state index in [-0.39, 0.29) is 5.56 Å². The van der Waals surface area contributed by atoms with Crippen molar-refractivity contribution < 1.29 is 19.1 Å². The molecule has 6 heteroatoms. The Kier molecular flexibility index (Phi) is 4.35. The van der Waals surface area contributed by atoms with Crippen molar-refractivity contribution in [3.63, 3.8) is 0 Å². The lowest BCUT2D eigenvalue weighted by Gasteiger charge is -2.01. The highest BCUT2D eigenvalue weighted by Crippen LogP contribution is 2.20. The average Bonchev–Trinajstić information content (AvgIpc) is 2.80. The van der Waals surface area contributed by atoms with Crippen LogP contribution in [0.4, 0.5) is 6.01 Å². The highest BCUT2D eigenvalue weighted by atomic mass is 16.5. The zero-order valence-corrected chi connectivity index (χ0v) is 10.7. The third-order valence-electron chi connectivity index (χ3n) is 2.58. The highest BCUT2D eigenvalue weighted by molar-refractivity contribution is 5.92. The number of carboxylic acid groups (broad SMARTS) is 1. The van der Waals surface area contributed by atoms with Gasteiger partial charge >= 0.3 is 5.97 Å². The van der Waals surface area contributed by atoms with Crippen LogP contribution < -0.4 is 5.32 Å². The Morgan fingerprint density at radius 1 is 1.53 bits per heavy atom. The van der Waals surface area contributed by atoms with Gasteiger partial charge in [0.15, 0.2) is 5.58 Å². The molecule has 0 bridgehead atoms. The molecule has 0 spiro atoms. The molecule has 1 aromatic carbocycles. The molecule has 2 N–H and O–H groups in total. The van der Waals surface area contributed by atoms with Gasteiger partial charge in [-0.3, -0.25) is 0 Å². The topological polar surface area (TPSA) is 84.6 Å². The molecular formula is C13H16N2O4. The summed E-state index contributed by atoms with van der Waals surface area (Å²) in [6.07, 6.45) is 0.854. The first-order valence-electron chi connectivity index (χ1n) is 6.16. The molecule has 2 rings (SSSR count). The average molecular weight is 264 g/mol. The van der Waals surface area contributed by atoms with Gasteiger partial charge in [-0.15, -0.1) is 0 Å². The van der Waals surface area contributed by atoms with Crippen LogP contribution in [0.1, 0.15) is 23.7 Å². The Labute approximate surface area is 110 Å². The number of benzene rings is 1. The van der Waals surface area contributed by atoms with E-state index in [9.17, 15) is 4.79 Å². The van der Waals surface area contributed by atoms with E-state index < -0.39 is 5.97 Å². The van der Waals surface area contributed by atoms with Crippen molar-refractivity contribution in [2.75, 3.05) is 25.1 Å². The minimum atomic E-state index is -0.982. The SMILES string of the molecule is CCOCCCNc1nc2ccc(C(=O)O)cc2o1. The summed E-state index contributed by atoms with van der Waals surface area (Å²) in [5, 5.41) is 11.9. The molecule has 0 atom stereocenters. The summed E-state index contributed by atoms with van der Waals surface area (Å²) in [5.41, 5.74) is 1.29. The predicted molar refractivity (Wildman–Crippen MR) is 70.6 cm³/mol. The van der Waals surface area contributed by atoms with Gasteiger partial charge < -0.3 is 19.6 Å². The molecule has 102 valence electrons. The van der Waals surface area contributed by atoms with Gasteiger partial charge in [-0.25, -0.2) is 4.79 Å². The molecule has 0 amide bonds. The number of nitrogens with zero attached hydrogens (tertiary/aromatic N) is 1. The molecule has 0 saturated carbocycles. The summed E-state index contributed by atoms with van der Waals surface area (Å²) in [4.78, 5) is 15.1. The van der Waals surface area contributed by atoms with E-state index in [1.54, 1.807) is 6.07 Å². The van der Waals surface area contributed by atoms with Crippen LogP contribution in [0, 0.1) is 0 Å². The molecule has 0 radical (unpaired) electrons. The van der Waals surface area contributed by atoms with Crippen molar-refractivity contribution in [2.45, 2.75) is 13.3 Å². The maximum Gasteiger partial charge on any atom is 0.335 e. The fourth-order valence-corrected chi connectivity index (χ4v) is 1.65. The molecule has 1 aromatic heterocycles. The second-order valence-electron chi connectivity index (χ2n) is 3.98. The normalized spacial score (nSPS) is 10.8. The van der Waals surface area contributed by atoms with E-state index in [1.807, 2.05) is 6.92 Å². The summed E-state index contributed by atoms with van der Waals surface area (Å²) in [5.74, 6) is -0.982. The Bertz CT molecular complexity index is 565. The Morgan fingerprint density at radius 2 is 2.37 bits per heavy atom. The second kappa shape index (κ2) is 6.19. The number of carbonyl (C=O) groups is 1. The lowest BCUT2D eigenvalue weighted by Crippen LogP contribution is -2.05. The maximum atomic E-state index is 10.8. The number of aromatic nitrogens is 1. The Balaban J connectivity index is 1.99. The van der Waals surface area contributed by atoms with Crippen molar-refractivity contribution >= 4 is 23.1 Å². The number of oxazole rings is 1. The van der Waals surface area contributed by atoms with Crippen LogP contribution in [0.3, 0.4) is 0 Å². The number of carboxylic acids is 1. The number of anilines is 1. The van der Waals surface area contributed by atoms with Gasteiger partial charge in [-0.05, 0) is 31.5 Å². The van der Waals surface area contributed by atoms with E-state index in [2.05, 4.69) is 10.3 Å².